The van der Waals surface area contributed by atoms with E-state index in [1.54, 1.807) is 0 Å². The lowest BCUT2D eigenvalue weighted by molar-refractivity contribution is -0.135. The number of amides is 1. The van der Waals surface area contributed by atoms with E-state index in [1.807, 2.05) is 11.9 Å². The van der Waals surface area contributed by atoms with E-state index in [-0.39, 0.29) is 12.5 Å². The molecule has 4 heteroatoms. The summed E-state index contributed by atoms with van der Waals surface area (Å²) in [5.41, 5.74) is 0. The van der Waals surface area contributed by atoms with Crippen LogP contribution in [-0.4, -0.2) is 59.6 Å². The Balaban J connectivity index is 1.82. The lowest BCUT2D eigenvalue weighted by Crippen LogP contribution is -2.49. The van der Waals surface area contributed by atoms with Crippen LogP contribution < -0.4 is 0 Å². The molecule has 20 heavy (non-hydrogen) atoms. The number of aliphatic hydroxyl groups excluding tert-OH is 1. The number of nitrogens with zero attached hydrogens (tertiary/aromatic N) is 2. The maximum absolute atomic E-state index is 12.5. The first-order valence-electron chi connectivity index (χ1n) is 8.22. The van der Waals surface area contributed by atoms with Crippen LogP contribution in [0.25, 0.3) is 0 Å². The molecule has 1 N–H and O–H groups in total. The van der Waals surface area contributed by atoms with E-state index >= 15 is 0 Å². The van der Waals surface area contributed by atoms with Crippen molar-refractivity contribution in [3.8, 4) is 0 Å². The molecule has 0 radical (unpaired) electrons. The number of hydrogen-bond acceptors (Lipinski definition) is 3. The second-order valence-electron chi connectivity index (χ2n) is 6.70. The molecule has 1 amide bonds. The largest absolute Gasteiger partial charge is 0.395 e. The van der Waals surface area contributed by atoms with E-state index in [0.717, 1.165) is 18.8 Å². The second-order valence-corrected chi connectivity index (χ2v) is 6.70. The first-order chi connectivity index (χ1) is 9.61. The van der Waals surface area contributed by atoms with Crippen LogP contribution in [0, 0.1) is 5.92 Å². The maximum atomic E-state index is 12.5. The Kier molecular flexibility index (Phi) is 5.85. The molecule has 2 fully saturated rings. The number of hydrogen-bond donors (Lipinski definition) is 1. The number of carbonyl (C=O) groups excluding carboxylic acids is 1. The minimum absolute atomic E-state index is 0.147. The third-order valence-electron chi connectivity index (χ3n) is 5.24. The van der Waals surface area contributed by atoms with Crippen LogP contribution in [0.15, 0.2) is 0 Å². The van der Waals surface area contributed by atoms with Gasteiger partial charge in [0.2, 0.25) is 5.91 Å². The van der Waals surface area contributed by atoms with Crippen molar-refractivity contribution in [2.45, 2.75) is 64.0 Å². The minimum Gasteiger partial charge on any atom is -0.395 e. The summed E-state index contributed by atoms with van der Waals surface area (Å²) >= 11 is 0. The molecule has 0 atom stereocenters. The molecule has 0 aromatic carbocycles. The Morgan fingerprint density at radius 3 is 2.25 bits per heavy atom. The van der Waals surface area contributed by atoms with E-state index < -0.39 is 0 Å². The monoisotopic (exact) mass is 282 g/mol. The Hall–Kier alpha value is -0.610. The molecule has 2 aliphatic carbocycles. The summed E-state index contributed by atoms with van der Waals surface area (Å²) in [7, 11) is 1.96. The van der Waals surface area contributed by atoms with Crippen molar-refractivity contribution < 1.29 is 9.90 Å². The smallest absolute Gasteiger partial charge is 0.236 e. The molecule has 4 nitrogen and oxygen atoms in total. The van der Waals surface area contributed by atoms with Crippen LogP contribution in [0.4, 0.5) is 0 Å². The van der Waals surface area contributed by atoms with Crippen LogP contribution in [-0.2, 0) is 4.79 Å². The van der Waals surface area contributed by atoms with Gasteiger partial charge in [0.25, 0.3) is 0 Å². The van der Waals surface area contributed by atoms with Crippen molar-refractivity contribution in [2.24, 2.45) is 5.92 Å². The molecule has 0 aromatic rings. The van der Waals surface area contributed by atoms with Crippen LogP contribution >= 0.6 is 0 Å². The minimum atomic E-state index is 0.147. The molecule has 0 aliphatic heterocycles. The predicted molar refractivity (Wildman–Crippen MR) is 80.5 cm³/mol. The summed E-state index contributed by atoms with van der Waals surface area (Å²) in [5, 5.41) is 9.17. The fourth-order valence-corrected chi connectivity index (χ4v) is 3.39. The van der Waals surface area contributed by atoms with Crippen molar-refractivity contribution in [1.82, 2.24) is 9.80 Å². The van der Waals surface area contributed by atoms with Crippen LogP contribution in [0.2, 0.25) is 0 Å². The van der Waals surface area contributed by atoms with Crippen molar-refractivity contribution in [3.63, 3.8) is 0 Å². The van der Waals surface area contributed by atoms with E-state index in [1.165, 1.54) is 32.1 Å². The first kappa shape index (κ1) is 15.8. The van der Waals surface area contributed by atoms with Gasteiger partial charge in [-0.3, -0.25) is 9.69 Å². The molecule has 2 aliphatic rings. The van der Waals surface area contributed by atoms with Gasteiger partial charge in [-0.2, -0.15) is 0 Å². The van der Waals surface area contributed by atoms with Gasteiger partial charge < -0.3 is 10.0 Å². The van der Waals surface area contributed by atoms with Crippen molar-refractivity contribution in [1.29, 1.82) is 0 Å². The van der Waals surface area contributed by atoms with E-state index in [4.69, 9.17) is 5.11 Å². The van der Waals surface area contributed by atoms with Gasteiger partial charge in [0, 0.05) is 25.7 Å². The highest BCUT2D eigenvalue weighted by atomic mass is 16.3. The third-order valence-corrected chi connectivity index (χ3v) is 5.24. The Bertz CT molecular complexity index is 310. The van der Waals surface area contributed by atoms with Gasteiger partial charge in [-0.15, -0.1) is 0 Å². The summed E-state index contributed by atoms with van der Waals surface area (Å²) < 4.78 is 0. The lowest BCUT2D eigenvalue weighted by atomic mass is 9.86. The maximum Gasteiger partial charge on any atom is 0.236 e. The highest BCUT2D eigenvalue weighted by molar-refractivity contribution is 5.78. The van der Waals surface area contributed by atoms with E-state index in [2.05, 4.69) is 11.8 Å². The average Bonchev–Trinajstić information content (AvgIpc) is 2.37. The summed E-state index contributed by atoms with van der Waals surface area (Å²) in [5.74, 6) is 1.04. The normalized spacial score (nSPS) is 27.4. The zero-order valence-electron chi connectivity index (χ0n) is 13.1. The molecule has 0 unspecified atom stereocenters. The predicted octanol–water partition coefficient (Wildman–Crippen LogP) is 1.87. The molecule has 0 saturated heterocycles. The number of carbonyl (C=O) groups is 1. The lowest BCUT2D eigenvalue weighted by Gasteiger charge is -2.39. The number of rotatable bonds is 6. The zero-order valence-corrected chi connectivity index (χ0v) is 13.1. The van der Waals surface area contributed by atoms with Gasteiger partial charge in [0.1, 0.15) is 0 Å². The molecule has 0 aromatic heterocycles. The summed E-state index contributed by atoms with van der Waals surface area (Å²) in [6.45, 7) is 3.56. The Morgan fingerprint density at radius 1 is 1.10 bits per heavy atom. The molecule has 2 saturated carbocycles. The fourth-order valence-electron chi connectivity index (χ4n) is 3.39. The van der Waals surface area contributed by atoms with Gasteiger partial charge in [-0.05, 0) is 44.4 Å². The van der Waals surface area contributed by atoms with Crippen molar-refractivity contribution >= 4 is 5.91 Å². The standard InChI is InChI=1S/C16H30N2O2/c1-13-6-8-14(9-7-13)17(2)16(20)12-18(10-11-19)15-4-3-5-15/h13-15,19H,3-12H2,1-2H3. The highest BCUT2D eigenvalue weighted by Gasteiger charge is 2.29. The van der Waals surface area contributed by atoms with Gasteiger partial charge in [-0.25, -0.2) is 0 Å². The Labute approximate surface area is 123 Å². The van der Waals surface area contributed by atoms with Crippen LogP contribution in [0.3, 0.4) is 0 Å². The SMILES string of the molecule is CC1CCC(N(C)C(=O)CN(CCO)C2CCC2)CC1. The quantitative estimate of drug-likeness (QED) is 0.809. The topological polar surface area (TPSA) is 43.8 Å². The second kappa shape index (κ2) is 7.41. The number of likely N-dealkylation sites (N-methyl/N-ethyl adjacent to an activating group) is 1. The molecule has 0 spiro atoms. The third kappa shape index (κ3) is 3.95. The molecule has 116 valence electrons. The molecule has 0 bridgehead atoms. The zero-order chi connectivity index (χ0) is 14.5. The average molecular weight is 282 g/mol. The molecular formula is C16H30N2O2. The molecule has 0 heterocycles. The van der Waals surface area contributed by atoms with E-state index in [0.29, 0.717) is 25.2 Å². The van der Waals surface area contributed by atoms with Gasteiger partial charge >= 0.3 is 0 Å². The van der Waals surface area contributed by atoms with Crippen molar-refractivity contribution in [3.05, 3.63) is 0 Å². The molecule has 2 rings (SSSR count). The summed E-state index contributed by atoms with van der Waals surface area (Å²) in [4.78, 5) is 16.6. The highest BCUT2D eigenvalue weighted by Crippen LogP contribution is 2.27. The summed E-state index contributed by atoms with van der Waals surface area (Å²) in [6, 6.07) is 0.946. The van der Waals surface area contributed by atoms with Crippen LogP contribution in [0.5, 0.6) is 0 Å². The number of aliphatic hydroxyl groups is 1. The Morgan fingerprint density at radius 2 is 1.75 bits per heavy atom. The first-order valence-corrected chi connectivity index (χ1v) is 8.22. The van der Waals surface area contributed by atoms with Crippen LogP contribution in [0.1, 0.15) is 51.9 Å². The fraction of sp³-hybridized carbons (Fsp3) is 0.938. The van der Waals surface area contributed by atoms with Gasteiger partial charge in [0.05, 0.1) is 13.2 Å². The summed E-state index contributed by atoms with van der Waals surface area (Å²) in [6.07, 6.45) is 8.39. The molecular weight excluding hydrogens is 252 g/mol. The van der Waals surface area contributed by atoms with E-state index in [9.17, 15) is 4.79 Å². The van der Waals surface area contributed by atoms with Gasteiger partial charge in [-0.1, -0.05) is 13.3 Å². The van der Waals surface area contributed by atoms with Gasteiger partial charge in [0.15, 0.2) is 0 Å². The van der Waals surface area contributed by atoms with Crippen molar-refractivity contribution in [2.75, 3.05) is 26.7 Å².